The van der Waals surface area contributed by atoms with Crippen LogP contribution in [0.15, 0.2) is 16.7 Å². The molecule has 1 aliphatic carbocycles. The van der Waals surface area contributed by atoms with Crippen LogP contribution in [0, 0.1) is 5.41 Å². The van der Waals surface area contributed by atoms with Crippen molar-refractivity contribution in [1.29, 1.82) is 0 Å². The molecular formula is C19H25NO4S. The Kier molecular flexibility index (Phi) is 4.13. The van der Waals surface area contributed by atoms with Gasteiger partial charge in [0.1, 0.15) is 16.4 Å². The van der Waals surface area contributed by atoms with E-state index in [9.17, 15) is 9.59 Å². The second-order valence-electron chi connectivity index (χ2n) is 7.09. The summed E-state index contributed by atoms with van der Waals surface area (Å²) < 4.78 is 11.3. The molecule has 3 aliphatic rings. The first-order chi connectivity index (χ1) is 12.1. The highest BCUT2D eigenvalue weighted by molar-refractivity contribution is 8.00. The zero-order valence-corrected chi connectivity index (χ0v) is 15.7. The van der Waals surface area contributed by atoms with Crippen molar-refractivity contribution in [1.82, 2.24) is 4.90 Å². The lowest BCUT2D eigenvalue weighted by atomic mass is 9.57. The van der Waals surface area contributed by atoms with Crippen LogP contribution in [-0.4, -0.2) is 40.9 Å². The summed E-state index contributed by atoms with van der Waals surface area (Å²) in [7, 11) is 0. The molecule has 1 spiro atoms. The fourth-order valence-electron chi connectivity index (χ4n) is 5.43. The zero-order chi connectivity index (χ0) is 17.7. The first-order valence-electron chi connectivity index (χ1n) is 9.30. The number of hydrogen-bond acceptors (Lipinski definition) is 5. The van der Waals surface area contributed by atoms with Gasteiger partial charge in [0.25, 0.3) is 0 Å². The molecule has 3 heterocycles. The quantitative estimate of drug-likeness (QED) is 0.769. The molecular weight excluding hydrogens is 338 g/mol. The monoisotopic (exact) mass is 363 g/mol. The average Bonchev–Trinajstić information content (AvgIpc) is 3.17. The van der Waals surface area contributed by atoms with Crippen molar-refractivity contribution < 1.29 is 18.7 Å². The topological polar surface area (TPSA) is 59.8 Å². The predicted octanol–water partition coefficient (Wildman–Crippen LogP) is 3.12. The Labute approximate surface area is 152 Å². The standard InChI is InChI=1S/C19H25NO4S/c1-3-23-17(22)18-9-5-6-10-19(18)13-8-12-24-14(13)7-11-20(19)16(21)15(18)25-4-2/h8,12,15H,3-7,9-11H2,1-2H3/t15-,18?,19?/m1/s1. The van der Waals surface area contributed by atoms with Gasteiger partial charge in [-0.05, 0) is 31.6 Å². The summed E-state index contributed by atoms with van der Waals surface area (Å²) in [6.45, 7) is 4.85. The van der Waals surface area contributed by atoms with E-state index in [-0.39, 0.29) is 17.1 Å². The molecule has 0 radical (unpaired) electrons. The Hall–Kier alpha value is -1.43. The summed E-state index contributed by atoms with van der Waals surface area (Å²) in [6, 6.07) is 1.98. The van der Waals surface area contributed by atoms with Gasteiger partial charge in [0.15, 0.2) is 0 Å². The van der Waals surface area contributed by atoms with Crippen LogP contribution >= 0.6 is 11.8 Å². The first-order valence-corrected chi connectivity index (χ1v) is 10.4. The normalized spacial score (nSPS) is 33.6. The van der Waals surface area contributed by atoms with Crippen molar-refractivity contribution in [3.63, 3.8) is 0 Å². The maximum absolute atomic E-state index is 13.4. The number of carbonyl (C=O) groups excluding carboxylic acids is 2. The second-order valence-corrected chi connectivity index (χ2v) is 8.47. The Morgan fingerprint density at radius 2 is 2.20 bits per heavy atom. The molecule has 6 heteroatoms. The Morgan fingerprint density at radius 1 is 1.40 bits per heavy atom. The first kappa shape index (κ1) is 17.0. The summed E-state index contributed by atoms with van der Waals surface area (Å²) in [5.74, 6) is 1.64. The average molecular weight is 363 g/mol. The third-order valence-corrected chi connectivity index (χ3v) is 7.49. The van der Waals surface area contributed by atoms with Crippen molar-refractivity contribution in [2.24, 2.45) is 5.41 Å². The lowest BCUT2D eigenvalue weighted by molar-refractivity contribution is -0.166. The van der Waals surface area contributed by atoms with Crippen LogP contribution in [0.5, 0.6) is 0 Å². The molecule has 1 amide bonds. The van der Waals surface area contributed by atoms with E-state index in [0.29, 0.717) is 19.6 Å². The highest BCUT2D eigenvalue weighted by Crippen LogP contribution is 2.65. The van der Waals surface area contributed by atoms with Gasteiger partial charge in [0.2, 0.25) is 5.91 Å². The molecule has 1 aromatic rings. The molecule has 4 rings (SSSR count). The fourth-order valence-corrected chi connectivity index (χ4v) is 6.73. The molecule has 3 atom stereocenters. The molecule has 136 valence electrons. The number of thioether (sulfide) groups is 1. The van der Waals surface area contributed by atoms with E-state index >= 15 is 0 Å². The van der Waals surface area contributed by atoms with Gasteiger partial charge in [-0.15, -0.1) is 11.8 Å². The number of hydrogen-bond donors (Lipinski definition) is 0. The Morgan fingerprint density at radius 3 is 2.96 bits per heavy atom. The maximum atomic E-state index is 13.4. The fraction of sp³-hybridized carbons (Fsp3) is 0.684. The van der Waals surface area contributed by atoms with Crippen LogP contribution in [0.25, 0.3) is 0 Å². The Bertz CT molecular complexity index is 701. The summed E-state index contributed by atoms with van der Waals surface area (Å²) in [6.07, 6.45) is 5.91. The van der Waals surface area contributed by atoms with Crippen molar-refractivity contribution in [2.45, 2.75) is 56.7 Å². The molecule has 1 saturated carbocycles. The Balaban J connectivity index is 1.97. The molecule has 25 heavy (non-hydrogen) atoms. The van der Waals surface area contributed by atoms with Gasteiger partial charge in [-0.1, -0.05) is 19.8 Å². The summed E-state index contributed by atoms with van der Waals surface area (Å²) in [4.78, 5) is 28.8. The molecule has 2 unspecified atom stereocenters. The van der Waals surface area contributed by atoms with E-state index < -0.39 is 11.0 Å². The van der Waals surface area contributed by atoms with E-state index in [1.165, 1.54) is 0 Å². The summed E-state index contributed by atoms with van der Waals surface area (Å²) >= 11 is 1.60. The molecule has 1 saturated heterocycles. The number of esters is 1. The second kappa shape index (κ2) is 6.08. The summed E-state index contributed by atoms with van der Waals surface area (Å²) in [5.41, 5.74) is -0.362. The van der Waals surface area contributed by atoms with Crippen LogP contribution < -0.4 is 0 Å². The number of nitrogens with zero attached hydrogens (tertiary/aromatic N) is 1. The van der Waals surface area contributed by atoms with E-state index in [2.05, 4.69) is 0 Å². The molecule has 0 aromatic carbocycles. The SMILES string of the molecule is CCOC(=O)C12CCCCC13c1ccoc1CCN3C(=O)[C@H]2SCC. The molecule has 2 fully saturated rings. The van der Waals surface area contributed by atoms with Gasteiger partial charge < -0.3 is 14.1 Å². The number of carbonyl (C=O) groups is 2. The van der Waals surface area contributed by atoms with Crippen molar-refractivity contribution in [3.05, 3.63) is 23.7 Å². The highest BCUT2D eigenvalue weighted by atomic mass is 32.2. The van der Waals surface area contributed by atoms with E-state index in [4.69, 9.17) is 9.15 Å². The third-order valence-electron chi connectivity index (χ3n) is 6.22. The predicted molar refractivity (Wildman–Crippen MR) is 95.3 cm³/mol. The lowest BCUT2D eigenvalue weighted by Gasteiger charge is -2.53. The van der Waals surface area contributed by atoms with Gasteiger partial charge in [-0.2, -0.15) is 0 Å². The molecule has 5 nitrogen and oxygen atoms in total. The highest BCUT2D eigenvalue weighted by Gasteiger charge is 2.74. The maximum Gasteiger partial charge on any atom is 0.316 e. The van der Waals surface area contributed by atoms with Gasteiger partial charge in [-0.3, -0.25) is 9.59 Å². The van der Waals surface area contributed by atoms with Crippen LogP contribution in [0.1, 0.15) is 50.9 Å². The van der Waals surface area contributed by atoms with Crippen LogP contribution in [0.3, 0.4) is 0 Å². The van der Waals surface area contributed by atoms with Gasteiger partial charge in [0, 0.05) is 18.5 Å². The van der Waals surface area contributed by atoms with Crippen molar-refractivity contribution in [3.8, 4) is 0 Å². The van der Waals surface area contributed by atoms with Gasteiger partial charge in [-0.25, -0.2) is 0 Å². The molecule has 2 aliphatic heterocycles. The van der Waals surface area contributed by atoms with Gasteiger partial charge in [0.05, 0.1) is 18.4 Å². The van der Waals surface area contributed by atoms with E-state index in [1.807, 2.05) is 24.8 Å². The van der Waals surface area contributed by atoms with Crippen molar-refractivity contribution >= 4 is 23.6 Å². The minimum Gasteiger partial charge on any atom is -0.469 e. The zero-order valence-electron chi connectivity index (χ0n) is 14.9. The number of ether oxygens (including phenoxy) is 1. The number of furan rings is 1. The van der Waals surface area contributed by atoms with E-state index in [0.717, 1.165) is 42.8 Å². The minimum atomic E-state index is -0.807. The summed E-state index contributed by atoms with van der Waals surface area (Å²) in [5, 5.41) is -0.363. The van der Waals surface area contributed by atoms with Crippen LogP contribution in [0.4, 0.5) is 0 Å². The molecule has 0 N–H and O–H groups in total. The van der Waals surface area contributed by atoms with E-state index in [1.54, 1.807) is 18.0 Å². The van der Waals surface area contributed by atoms with Crippen LogP contribution in [0.2, 0.25) is 0 Å². The minimum absolute atomic E-state index is 0.105. The lowest BCUT2D eigenvalue weighted by Crippen LogP contribution is -2.60. The van der Waals surface area contributed by atoms with Crippen LogP contribution in [-0.2, 0) is 26.3 Å². The smallest absolute Gasteiger partial charge is 0.316 e. The molecule has 0 bridgehead atoms. The number of fused-ring (bicyclic) bond motifs is 1. The third kappa shape index (κ3) is 1.97. The largest absolute Gasteiger partial charge is 0.469 e. The molecule has 1 aromatic heterocycles. The number of rotatable bonds is 4. The van der Waals surface area contributed by atoms with Crippen molar-refractivity contribution in [2.75, 3.05) is 18.9 Å². The number of amides is 1. The van der Waals surface area contributed by atoms with Gasteiger partial charge >= 0.3 is 5.97 Å².